The second-order valence-corrected chi connectivity index (χ2v) is 0.211. The molecule has 4 nitrogen and oxygen atoms in total. The van der Waals surface area contributed by atoms with Crippen molar-refractivity contribution in [3.05, 3.63) is 0 Å². The van der Waals surface area contributed by atoms with Gasteiger partial charge < -0.3 is 10.2 Å². The smallest absolute Gasteiger partial charge is 0.483 e. The Kier molecular flexibility index (Phi) is 86.8. The van der Waals surface area contributed by atoms with Crippen LogP contribution >= 0.6 is 0 Å². The van der Waals surface area contributed by atoms with Crippen LogP contribution in [0.1, 0.15) is 0 Å². The molecule has 2 N–H and O–H groups in total. The van der Waals surface area contributed by atoms with Gasteiger partial charge in [-0.05, 0) is 0 Å². The Morgan fingerprint density at radius 2 is 1.00 bits per heavy atom. The first kappa shape index (κ1) is 15.8. The molecule has 0 amide bonds. The Morgan fingerprint density at radius 1 is 1.00 bits per heavy atom. The molecule has 0 aromatic heterocycles. The fraction of sp³-hybridized carbons (Fsp3) is 0. The second-order valence-electron chi connectivity index (χ2n) is 0.211. The van der Waals surface area contributed by atoms with Crippen LogP contribution < -0.4 is 29.6 Å². The van der Waals surface area contributed by atoms with Crippen molar-refractivity contribution in [3.63, 3.8) is 0 Å². The molecule has 0 unspecified atom stereocenters. The van der Waals surface area contributed by atoms with Crippen LogP contribution in [0.25, 0.3) is 0 Å². The van der Waals surface area contributed by atoms with Crippen LogP contribution in [-0.2, 0) is 9.59 Å². The molecule has 0 aliphatic heterocycles. The van der Waals surface area contributed by atoms with E-state index in [1.165, 1.54) is 0 Å². The van der Waals surface area contributed by atoms with Gasteiger partial charge >= 0.3 is 29.6 Å². The van der Waals surface area contributed by atoms with Crippen LogP contribution in [0.4, 0.5) is 0 Å². The Morgan fingerprint density at radius 3 is 1.00 bits per heavy atom. The Balaban J connectivity index is -0.0000000400. The SMILES string of the molecule is O=CO.O=CO.[Na+]. The van der Waals surface area contributed by atoms with E-state index >= 15 is 0 Å². The van der Waals surface area contributed by atoms with E-state index in [1.807, 2.05) is 0 Å². The van der Waals surface area contributed by atoms with Crippen LogP contribution in [0.5, 0.6) is 0 Å². The molecule has 7 heavy (non-hydrogen) atoms. The molecule has 0 bridgehead atoms. The quantitative estimate of drug-likeness (QED) is 0.253. The summed E-state index contributed by atoms with van der Waals surface area (Å²) in [5.41, 5.74) is 0. The van der Waals surface area contributed by atoms with Gasteiger partial charge in [0.15, 0.2) is 0 Å². The van der Waals surface area contributed by atoms with Gasteiger partial charge in [-0.1, -0.05) is 0 Å². The van der Waals surface area contributed by atoms with Gasteiger partial charge in [0.1, 0.15) is 0 Å². The summed E-state index contributed by atoms with van der Waals surface area (Å²) in [6.45, 7) is -0.500. The van der Waals surface area contributed by atoms with Gasteiger partial charge in [-0.25, -0.2) is 0 Å². The molecule has 0 atom stereocenters. The van der Waals surface area contributed by atoms with E-state index in [9.17, 15) is 0 Å². The van der Waals surface area contributed by atoms with Crippen molar-refractivity contribution >= 4 is 12.9 Å². The van der Waals surface area contributed by atoms with Crippen LogP contribution in [0.2, 0.25) is 0 Å². The van der Waals surface area contributed by atoms with Gasteiger partial charge in [0, 0.05) is 0 Å². The van der Waals surface area contributed by atoms with Crippen LogP contribution in [0, 0.1) is 0 Å². The van der Waals surface area contributed by atoms with Gasteiger partial charge in [0.05, 0.1) is 0 Å². The van der Waals surface area contributed by atoms with E-state index in [4.69, 9.17) is 19.8 Å². The predicted molar refractivity (Wildman–Crippen MR) is 17.4 cm³/mol. The fourth-order valence-electron chi connectivity index (χ4n) is 0. The topological polar surface area (TPSA) is 74.6 Å². The molecule has 0 saturated heterocycles. The maximum absolute atomic E-state index is 8.36. The van der Waals surface area contributed by atoms with E-state index < -0.39 is 0 Å². The average Bonchev–Trinajstić information content (AvgIpc) is 1.39. The minimum Gasteiger partial charge on any atom is -0.483 e. The van der Waals surface area contributed by atoms with Crippen molar-refractivity contribution in [1.82, 2.24) is 0 Å². The molecule has 0 rings (SSSR count). The molecule has 5 heteroatoms. The number of carbonyl (C=O) groups is 2. The molecule has 0 fully saturated rings. The fourth-order valence-corrected chi connectivity index (χ4v) is 0. The number of rotatable bonds is 0. The van der Waals surface area contributed by atoms with Crippen molar-refractivity contribution < 1.29 is 49.4 Å². The number of carboxylic acid groups (broad SMARTS) is 2. The average molecular weight is 115 g/mol. The summed E-state index contributed by atoms with van der Waals surface area (Å²) < 4.78 is 0. The molecule has 0 aliphatic carbocycles. The third-order valence-electron chi connectivity index (χ3n) is 0. The summed E-state index contributed by atoms with van der Waals surface area (Å²) in [7, 11) is 0. The van der Waals surface area contributed by atoms with Gasteiger partial charge in [-0.15, -0.1) is 0 Å². The number of hydrogen-bond acceptors (Lipinski definition) is 2. The molecular weight excluding hydrogens is 111 g/mol. The van der Waals surface area contributed by atoms with E-state index in [1.54, 1.807) is 0 Å². The second kappa shape index (κ2) is 38.5. The van der Waals surface area contributed by atoms with Crippen molar-refractivity contribution in [3.8, 4) is 0 Å². The molecule has 0 aromatic carbocycles. The minimum absolute atomic E-state index is 0. The molecule has 0 aliphatic rings. The van der Waals surface area contributed by atoms with Gasteiger partial charge in [0.2, 0.25) is 0 Å². The van der Waals surface area contributed by atoms with E-state index in [2.05, 4.69) is 0 Å². The largest absolute Gasteiger partial charge is 1.00 e. The standard InChI is InChI=1S/2CH2O2.Na/c2*2-1-3;/h2*1H,(H,2,3);/q;;+1. The maximum atomic E-state index is 8.36. The zero-order valence-corrected chi connectivity index (χ0v) is 5.87. The zero-order chi connectivity index (χ0) is 5.41. The third kappa shape index (κ3) is 25600. The molecule has 0 spiro atoms. The van der Waals surface area contributed by atoms with Crippen molar-refractivity contribution in [2.75, 3.05) is 0 Å². The summed E-state index contributed by atoms with van der Waals surface area (Å²) in [5.74, 6) is 0. The summed E-state index contributed by atoms with van der Waals surface area (Å²) in [4.78, 5) is 16.7. The Hall–Kier alpha value is -0.0600. The van der Waals surface area contributed by atoms with Crippen LogP contribution in [-0.4, -0.2) is 23.2 Å². The summed E-state index contributed by atoms with van der Waals surface area (Å²) in [5, 5.41) is 13.8. The van der Waals surface area contributed by atoms with Crippen molar-refractivity contribution in [1.29, 1.82) is 0 Å². The van der Waals surface area contributed by atoms with Gasteiger partial charge in [-0.2, -0.15) is 0 Å². The first-order valence-corrected chi connectivity index (χ1v) is 0.988. The molecule has 0 aromatic rings. The van der Waals surface area contributed by atoms with Crippen molar-refractivity contribution in [2.24, 2.45) is 0 Å². The summed E-state index contributed by atoms with van der Waals surface area (Å²) >= 11 is 0. The molecule has 0 saturated carbocycles. The summed E-state index contributed by atoms with van der Waals surface area (Å²) in [6, 6.07) is 0. The van der Waals surface area contributed by atoms with Crippen LogP contribution in [0.15, 0.2) is 0 Å². The maximum Gasteiger partial charge on any atom is 1.00 e. The predicted octanol–water partition coefficient (Wildman–Crippen LogP) is -3.59. The molecular formula is C2H4NaO4+. The summed E-state index contributed by atoms with van der Waals surface area (Å²) in [6.07, 6.45) is 0. The van der Waals surface area contributed by atoms with E-state index in [0.717, 1.165) is 0 Å². The van der Waals surface area contributed by atoms with Gasteiger partial charge in [-0.3, -0.25) is 9.59 Å². The Bertz CT molecular complexity index is 30.7. The zero-order valence-electron chi connectivity index (χ0n) is 3.87. The number of hydrogen-bond donors (Lipinski definition) is 2. The molecule has 0 heterocycles. The third-order valence-corrected chi connectivity index (χ3v) is 0. The minimum atomic E-state index is -0.250. The molecule has 0 radical (unpaired) electrons. The first-order valence-electron chi connectivity index (χ1n) is 0.988. The first-order chi connectivity index (χ1) is 2.83. The van der Waals surface area contributed by atoms with E-state index in [-0.39, 0.29) is 42.5 Å². The van der Waals surface area contributed by atoms with E-state index in [0.29, 0.717) is 0 Å². The molecule has 36 valence electrons. The normalized spacial score (nSPS) is 3.43. The monoisotopic (exact) mass is 115 g/mol. The van der Waals surface area contributed by atoms with Gasteiger partial charge in [0.25, 0.3) is 12.9 Å². The van der Waals surface area contributed by atoms with Crippen LogP contribution in [0.3, 0.4) is 0 Å². The Labute approximate surface area is 62.4 Å². The van der Waals surface area contributed by atoms with Crippen molar-refractivity contribution in [2.45, 2.75) is 0 Å².